The lowest BCUT2D eigenvalue weighted by molar-refractivity contribution is -0.129. The van der Waals surface area contributed by atoms with Gasteiger partial charge in [0.15, 0.2) is 0 Å². The molecule has 1 aliphatic rings. The van der Waals surface area contributed by atoms with Crippen LogP contribution in [0.25, 0.3) is 0 Å². The number of nitrogens with one attached hydrogen (secondary N) is 1. The van der Waals surface area contributed by atoms with Crippen LogP contribution in [0.4, 0.5) is 0 Å². The van der Waals surface area contributed by atoms with Gasteiger partial charge in [0.1, 0.15) is 5.54 Å². The maximum atomic E-state index is 11.4. The number of carbonyl (C=O) groups excluding carboxylic acids is 1. The number of hydrogen-bond donors (Lipinski definition) is 2. The van der Waals surface area contributed by atoms with Crippen molar-refractivity contribution in [1.82, 2.24) is 5.32 Å². The smallest absolute Gasteiger partial charge is 0.239 e. The standard InChI is InChI=1S/C11H22N2O2/c1-8(2)13-11(3,10(12)14)7-15-9-5-4-6-9/h8-9,13H,4-7H2,1-3H3,(H2,12,14). The molecule has 1 unspecified atom stereocenters. The third-order valence-electron chi connectivity index (χ3n) is 2.81. The van der Waals surface area contributed by atoms with Crippen molar-refractivity contribution in [2.45, 2.75) is 57.7 Å². The van der Waals surface area contributed by atoms with Crippen LogP contribution in [-0.2, 0) is 9.53 Å². The molecule has 3 N–H and O–H groups in total. The van der Waals surface area contributed by atoms with E-state index >= 15 is 0 Å². The van der Waals surface area contributed by atoms with E-state index in [1.54, 1.807) is 6.92 Å². The van der Waals surface area contributed by atoms with Crippen molar-refractivity contribution in [3.05, 3.63) is 0 Å². The Morgan fingerprint density at radius 2 is 2.20 bits per heavy atom. The van der Waals surface area contributed by atoms with Gasteiger partial charge in [0.25, 0.3) is 0 Å². The second-order valence-electron chi connectivity index (χ2n) is 4.86. The molecule has 0 saturated heterocycles. The summed E-state index contributed by atoms with van der Waals surface area (Å²) in [4.78, 5) is 11.4. The van der Waals surface area contributed by atoms with Crippen molar-refractivity contribution < 1.29 is 9.53 Å². The van der Waals surface area contributed by atoms with E-state index in [-0.39, 0.29) is 11.9 Å². The first-order valence-electron chi connectivity index (χ1n) is 5.63. The highest BCUT2D eigenvalue weighted by atomic mass is 16.5. The lowest BCUT2D eigenvalue weighted by Gasteiger charge is -2.33. The summed E-state index contributed by atoms with van der Waals surface area (Å²) in [7, 11) is 0. The van der Waals surface area contributed by atoms with Crippen LogP contribution in [0.2, 0.25) is 0 Å². The third kappa shape index (κ3) is 3.47. The summed E-state index contributed by atoms with van der Waals surface area (Å²) in [5.74, 6) is -0.351. The summed E-state index contributed by atoms with van der Waals surface area (Å²) in [5, 5.41) is 3.16. The maximum absolute atomic E-state index is 11.4. The van der Waals surface area contributed by atoms with E-state index in [1.165, 1.54) is 6.42 Å². The molecule has 1 saturated carbocycles. The Labute approximate surface area is 91.5 Å². The number of ether oxygens (including phenoxy) is 1. The molecule has 4 nitrogen and oxygen atoms in total. The molecule has 1 amide bonds. The minimum Gasteiger partial charge on any atom is -0.376 e. The zero-order valence-corrected chi connectivity index (χ0v) is 9.88. The average Bonchev–Trinajstić information content (AvgIpc) is 1.99. The molecular formula is C11H22N2O2. The van der Waals surface area contributed by atoms with Gasteiger partial charge in [0, 0.05) is 6.04 Å². The second kappa shape index (κ2) is 4.94. The molecule has 0 aromatic carbocycles. The average molecular weight is 214 g/mol. The predicted molar refractivity (Wildman–Crippen MR) is 59.5 cm³/mol. The minimum absolute atomic E-state index is 0.215. The van der Waals surface area contributed by atoms with Crippen LogP contribution >= 0.6 is 0 Å². The molecule has 1 aliphatic carbocycles. The fraction of sp³-hybridized carbons (Fsp3) is 0.909. The van der Waals surface area contributed by atoms with Gasteiger partial charge in [-0.2, -0.15) is 0 Å². The Bertz CT molecular complexity index is 227. The Balaban J connectivity index is 2.43. The zero-order chi connectivity index (χ0) is 11.5. The third-order valence-corrected chi connectivity index (χ3v) is 2.81. The first-order valence-corrected chi connectivity index (χ1v) is 5.63. The van der Waals surface area contributed by atoms with E-state index < -0.39 is 5.54 Å². The van der Waals surface area contributed by atoms with Crippen LogP contribution in [0.1, 0.15) is 40.0 Å². The summed E-state index contributed by atoms with van der Waals surface area (Å²) >= 11 is 0. The molecule has 15 heavy (non-hydrogen) atoms. The van der Waals surface area contributed by atoms with Gasteiger partial charge in [-0.05, 0) is 40.0 Å². The Hall–Kier alpha value is -0.610. The molecule has 1 fully saturated rings. The number of carbonyl (C=O) groups is 1. The van der Waals surface area contributed by atoms with Gasteiger partial charge in [-0.25, -0.2) is 0 Å². The largest absolute Gasteiger partial charge is 0.376 e. The molecule has 1 rings (SSSR count). The van der Waals surface area contributed by atoms with Gasteiger partial charge in [0.2, 0.25) is 5.91 Å². The van der Waals surface area contributed by atoms with Crippen molar-refractivity contribution >= 4 is 5.91 Å². The predicted octanol–water partition coefficient (Wildman–Crippen LogP) is 0.797. The van der Waals surface area contributed by atoms with E-state index in [1.807, 2.05) is 13.8 Å². The van der Waals surface area contributed by atoms with Gasteiger partial charge < -0.3 is 10.5 Å². The van der Waals surface area contributed by atoms with Crippen molar-refractivity contribution in [3.63, 3.8) is 0 Å². The SMILES string of the molecule is CC(C)NC(C)(COC1CCC1)C(N)=O. The molecule has 0 spiro atoms. The van der Waals surface area contributed by atoms with E-state index in [0.717, 1.165) is 12.8 Å². The number of nitrogens with two attached hydrogens (primary N) is 1. The van der Waals surface area contributed by atoms with E-state index in [9.17, 15) is 4.79 Å². The Morgan fingerprint density at radius 3 is 2.53 bits per heavy atom. The van der Waals surface area contributed by atoms with Gasteiger partial charge in [-0.15, -0.1) is 0 Å². The minimum atomic E-state index is -0.746. The van der Waals surface area contributed by atoms with Crippen molar-refractivity contribution in [3.8, 4) is 0 Å². The fourth-order valence-corrected chi connectivity index (χ4v) is 1.64. The van der Waals surface area contributed by atoms with Gasteiger partial charge >= 0.3 is 0 Å². The summed E-state index contributed by atoms with van der Waals surface area (Å²) in [6, 6.07) is 0.215. The van der Waals surface area contributed by atoms with E-state index in [0.29, 0.717) is 12.7 Å². The summed E-state index contributed by atoms with van der Waals surface area (Å²) < 4.78 is 5.64. The first-order chi connectivity index (χ1) is 6.94. The first kappa shape index (κ1) is 12.5. The van der Waals surface area contributed by atoms with Crippen LogP contribution in [0.15, 0.2) is 0 Å². The number of amides is 1. The number of hydrogen-bond acceptors (Lipinski definition) is 3. The highest BCUT2D eigenvalue weighted by molar-refractivity contribution is 5.84. The van der Waals surface area contributed by atoms with E-state index in [2.05, 4.69) is 5.32 Å². The molecule has 0 aliphatic heterocycles. The molecule has 1 atom stereocenters. The molecule has 0 heterocycles. The summed E-state index contributed by atoms with van der Waals surface area (Å²) in [5.41, 5.74) is 4.64. The normalized spacial score (nSPS) is 21.1. The van der Waals surface area contributed by atoms with Crippen LogP contribution in [0, 0.1) is 0 Å². The lowest BCUT2D eigenvalue weighted by atomic mass is 9.95. The van der Waals surface area contributed by atoms with Gasteiger partial charge in [-0.3, -0.25) is 10.1 Å². The van der Waals surface area contributed by atoms with E-state index in [4.69, 9.17) is 10.5 Å². The fourth-order valence-electron chi connectivity index (χ4n) is 1.64. The Morgan fingerprint density at radius 1 is 1.60 bits per heavy atom. The number of rotatable bonds is 6. The van der Waals surface area contributed by atoms with Crippen molar-refractivity contribution in [1.29, 1.82) is 0 Å². The second-order valence-corrected chi connectivity index (χ2v) is 4.86. The monoisotopic (exact) mass is 214 g/mol. The highest BCUT2D eigenvalue weighted by Crippen LogP contribution is 2.23. The molecule has 4 heteroatoms. The Kier molecular flexibility index (Phi) is 4.11. The molecule has 88 valence electrons. The summed E-state index contributed by atoms with van der Waals surface area (Å²) in [6.45, 7) is 6.15. The zero-order valence-electron chi connectivity index (χ0n) is 9.88. The van der Waals surface area contributed by atoms with Crippen LogP contribution in [0.5, 0.6) is 0 Å². The van der Waals surface area contributed by atoms with Crippen molar-refractivity contribution in [2.24, 2.45) is 5.73 Å². The van der Waals surface area contributed by atoms with Crippen molar-refractivity contribution in [2.75, 3.05) is 6.61 Å². The topological polar surface area (TPSA) is 64.3 Å². The molecular weight excluding hydrogens is 192 g/mol. The molecule has 0 aromatic heterocycles. The highest BCUT2D eigenvalue weighted by Gasteiger charge is 2.33. The lowest BCUT2D eigenvalue weighted by Crippen LogP contribution is -2.59. The van der Waals surface area contributed by atoms with Crippen LogP contribution in [-0.4, -0.2) is 30.2 Å². The van der Waals surface area contributed by atoms with Crippen LogP contribution < -0.4 is 11.1 Å². The summed E-state index contributed by atoms with van der Waals surface area (Å²) in [6.07, 6.45) is 3.78. The van der Waals surface area contributed by atoms with Crippen LogP contribution in [0.3, 0.4) is 0 Å². The van der Waals surface area contributed by atoms with Gasteiger partial charge in [0.05, 0.1) is 12.7 Å². The molecule has 0 aromatic rings. The number of primary amides is 1. The van der Waals surface area contributed by atoms with Gasteiger partial charge in [-0.1, -0.05) is 0 Å². The maximum Gasteiger partial charge on any atom is 0.239 e. The quantitative estimate of drug-likeness (QED) is 0.687. The molecule has 0 bridgehead atoms. The molecule has 0 radical (unpaired) electrons.